The van der Waals surface area contributed by atoms with Crippen LogP contribution in [-0.4, -0.2) is 27.5 Å². The van der Waals surface area contributed by atoms with Gasteiger partial charge in [-0.25, -0.2) is 8.42 Å². The Balaban J connectivity index is 2.25. The van der Waals surface area contributed by atoms with E-state index in [1.807, 2.05) is 13.8 Å². The number of nitrogens with one attached hydrogen (secondary N) is 2. The summed E-state index contributed by atoms with van der Waals surface area (Å²) in [5, 5.41) is 3.05. The van der Waals surface area contributed by atoms with Crippen LogP contribution in [0.15, 0.2) is 47.4 Å². The van der Waals surface area contributed by atoms with Crippen LogP contribution >= 0.6 is 11.6 Å². The third-order valence-corrected chi connectivity index (χ3v) is 5.55. The molecule has 0 saturated heterocycles. The lowest BCUT2D eigenvalue weighted by Gasteiger charge is -2.14. The Bertz CT molecular complexity index is 883. The molecular formula is C18H21ClN2O4S. The number of hydrogen-bond acceptors (Lipinski definition) is 4. The molecule has 0 heterocycles. The molecule has 140 valence electrons. The lowest BCUT2D eigenvalue weighted by Crippen LogP contribution is -2.32. The maximum absolute atomic E-state index is 12.5. The number of halogens is 1. The predicted molar refractivity (Wildman–Crippen MR) is 102 cm³/mol. The van der Waals surface area contributed by atoms with Gasteiger partial charge in [-0.2, -0.15) is 0 Å². The van der Waals surface area contributed by atoms with Crippen LogP contribution in [0, 0.1) is 0 Å². The maximum atomic E-state index is 12.5. The van der Waals surface area contributed by atoms with Gasteiger partial charge in [0.2, 0.25) is 0 Å². The van der Waals surface area contributed by atoms with Crippen LogP contribution in [-0.2, 0) is 10.0 Å². The summed E-state index contributed by atoms with van der Waals surface area (Å²) >= 11 is 6.09. The van der Waals surface area contributed by atoms with Crippen molar-refractivity contribution in [3.8, 4) is 5.75 Å². The highest BCUT2D eigenvalue weighted by Gasteiger charge is 2.17. The Morgan fingerprint density at radius 3 is 2.42 bits per heavy atom. The molecule has 1 atom stereocenters. The first-order chi connectivity index (χ1) is 12.3. The predicted octanol–water partition coefficient (Wildman–Crippen LogP) is 3.68. The van der Waals surface area contributed by atoms with Crippen LogP contribution in [0.1, 0.15) is 30.6 Å². The number of rotatable bonds is 7. The second kappa shape index (κ2) is 8.42. The van der Waals surface area contributed by atoms with Crippen molar-refractivity contribution in [2.45, 2.75) is 31.2 Å². The normalized spacial score (nSPS) is 12.3. The SMILES string of the molecule is CC[C@@H](C)NC(=O)c1cc(NS(=O)(=O)c2ccc(OC)cc2)ccc1Cl. The third kappa shape index (κ3) is 4.89. The summed E-state index contributed by atoms with van der Waals surface area (Å²) in [6.07, 6.45) is 0.771. The summed E-state index contributed by atoms with van der Waals surface area (Å²) in [7, 11) is -2.30. The van der Waals surface area contributed by atoms with Crippen molar-refractivity contribution in [3.63, 3.8) is 0 Å². The first-order valence-electron chi connectivity index (χ1n) is 8.04. The smallest absolute Gasteiger partial charge is 0.261 e. The Hall–Kier alpha value is -2.25. The van der Waals surface area contributed by atoms with Gasteiger partial charge in [-0.1, -0.05) is 18.5 Å². The van der Waals surface area contributed by atoms with Gasteiger partial charge < -0.3 is 10.1 Å². The van der Waals surface area contributed by atoms with Gasteiger partial charge in [-0.3, -0.25) is 9.52 Å². The van der Waals surface area contributed by atoms with Crippen LogP contribution in [0.5, 0.6) is 5.75 Å². The minimum atomic E-state index is -3.80. The molecule has 1 amide bonds. The zero-order valence-electron chi connectivity index (χ0n) is 14.7. The first-order valence-corrected chi connectivity index (χ1v) is 9.90. The Kier molecular flexibility index (Phi) is 6.50. The molecule has 26 heavy (non-hydrogen) atoms. The van der Waals surface area contributed by atoms with Gasteiger partial charge in [-0.05, 0) is 55.8 Å². The zero-order valence-corrected chi connectivity index (χ0v) is 16.3. The van der Waals surface area contributed by atoms with E-state index in [1.54, 1.807) is 12.1 Å². The van der Waals surface area contributed by atoms with Crippen molar-refractivity contribution in [1.29, 1.82) is 0 Å². The highest BCUT2D eigenvalue weighted by molar-refractivity contribution is 7.92. The largest absolute Gasteiger partial charge is 0.497 e. The summed E-state index contributed by atoms with van der Waals surface area (Å²) in [5.74, 6) is 0.203. The van der Waals surface area contributed by atoms with Crippen LogP contribution in [0.3, 0.4) is 0 Å². The van der Waals surface area contributed by atoms with E-state index in [1.165, 1.54) is 37.4 Å². The molecule has 0 spiro atoms. The number of methoxy groups -OCH3 is 1. The number of amides is 1. The lowest BCUT2D eigenvalue weighted by atomic mass is 10.1. The number of anilines is 1. The fourth-order valence-corrected chi connectivity index (χ4v) is 3.39. The Morgan fingerprint density at radius 2 is 1.85 bits per heavy atom. The fourth-order valence-electron chi connectivity index (χ4n) is 2.14. The van der Waals surface area contributed by atoms with E-state index in [0.717, 1.165) is 6.42 Å². The molecule has 8 heteroatoms. The maximum Gasteiger partial charge on any atom is 0.261 e. The minimum absolute atomic E-state index is 0.0155. The molecule has 2 N–H and O–H groups in total. The summed E-state index contributed by atoms with van der Waals surface area (Å²) in [6.45, 7) is 3.83. The molecule has 0 unspecified atom stereocenters. The van der Waals surface area contributed by atoms with Gasteiger partial charge in [0.15, 0.2) is 0 Å². The number of carbonyl (C=O) groups is 1. The van der Waals surface area contributed by atoms with Gasteiger partial charge in [0.05, 0.1) is 22.6 Å². The van der Waals surface area contributed by atoms with E-state index in [4.69, 9.17) is 16.3 Å². The molecule has 0 aliphatic carbocycles. The van der Waals surface area contributed by atoms with Gasteiger partial charge >= 0.3 is 0 Å². The van der Waals surface area contributed by atoms with E-state index >= 15 is 0 Å². The number of carbonyl (C=O) groups excluding carboxylic acids is 1. The first kappa shape index (κ1) is 20.1. The summed E-state index contributed by atoms with van der Waals surface area (Å²) in [5.41, 5.74) is 0.460. The van der Waals surface area contributed by atoms with E-state index in [2.05, 4.69) is 10.0 Å². The van der Waals surface area contributed by atoms with Gasteiger partial charge in [-0.15, -0.1) is 0 Å². The monoisotopic (exact) mass is 396 g/mol. The van der Waals surface area contributed by atoms with Gasteiger partial charge in [0.25, 0.3) is 15.9 Å². The molecular weight excluding hydrogens is 376 g/mol. The van der Waals surface area contributed by atoms with Gasteiger partial charge in [0, 0.05) is 11.7 Å². The average Bonchev–Trinajstić information content (AvgIpc) is 2.62. The lowest BCUT2D eigenvalue weighted by molar-refractivity contribution is 0.0939. The number of sulfonamides is 1. The quantitative estimate of drug-likeness (QED) is 0.747. The van der Waals surface area contributed by atoms with E-state index in [0.29, 0.717) is 5.75 Å². The molecule has 0 radical (unpaired) electrons. The highest BCUT2D eigenvalue weighted by atomic mass is 35.5. The molecule has 2 rings (SSSR count). The second-order valence-electron chi connectivity index (χ2n) is 5.76. The van der Waals surface area contributed by atoms with Crippen molar-refractivity contribution in [2.24, 2.45) is 0 Å². The average molecular weight is 397 g/mol. The van der Waals surface area contributed by atoms with E-state index in [-0.39, 0.29) is 33.1 Å². The van der Waals surface area contributed by atoms with Crippen molar-refractivity contribution < 1.29 is 17.9 Å². The molecule has 0 bridgehead atoms. The third-order valence-electron chi connectivity index (χ3n) is 3.82. The Morgan fingerprint density at radius 1 is 1.19 bits per heavy atom. The van der Waals surface area contributed by atoms with Crippen LogP contribution in [0.2, 0.25) is 5.02 Å². The van der Waals surface area contributed by atoms with Crippen LogP contribution in [0.25, 0.3) is 0 Å². The number of benzene rings is 2. The highest BCUT2D eigenvalue weighted by Crippen LogP contribution is 2.24. The topological polar surface area (TPSA) is 84.5 Å². The number of ether oxygens (including phenoxy) is 1. The summed E-state index contributed by atoms with van der Waals surface area (Å²) in [6, 6.07) is 10.4. The van der Waals surface area contributed by atoms with Gasteiger partial charge in [0.1, 0.15) is 5.75 Å². The van der Waals surface area contributed by atoms with Crippen LogP contribution < -0.4 is 14.8 Å². The zero-order chi connectivity index (χ0) is 19.3. The molecule has 0 aliphatic heterocycles. The molecule has 6 nitrogen and oxygen atoms in total. The second-order valence-corrected chi connectivity index (χ2v) is 7.85. The van der Waals surface area contributed by atoms with E-state index < -0.39 is 10.0 Å². The molecule has 0 saturated carbocycles. The molecule has 0 aromatic heterocycles. The molecule has 0 aliphatic rings. The molecule has 2 aromatic carbocycles. The van der Waals surface area contributed by atoms with Crippen molar-refractivity contribution in [1.82, 2.24) is 5.32 Å². The van der Waals surface area contributed by atoms with Crippen molar-refractivity contribution in [2.75, 3.05) is 11.8 Å². The van der Waals surface area contributed by atoms with Crippen molar-refractivity contribution in [3.05, 3.63) is 53.1 Å². The number of hydrogen-bond donors (Lipinski definition) is 2. The standard InChI is InChI=1S/C18H21ClN2O4S/c1-4-12(2)20-18(22)16-11-13(5-10-17(16)19)21-26(23,24)15-8-6-14(25-3)7-9-15/h5-12,21H,4H2,1-3H3,(H,20,22)/t12-/m1/s1. The minimum Gasteiger partial charge on any atom is -0.497 e. The van der Waals surface area contributed by atoms with E-state index in [9.17, 15) is 13.2 Å². The molecule has 2 aromatic rings. The summed E-state index contributed by atoms with van der Waals surface area (Å²) < 4.78 is 32.5. The van der Waals surface area contributed by atoms with Crippen LogP contribution in [0.4, 0.5) is 5.69 Å². The fraction of sp³-hybridized carbons (Fsp3) is 0.278. The Labute approximate surface area is 158 Å². The summed E-state index contributed by atoms with van der Waals surface area (Å²) in [4.78, 5) is 12.4. The van der Waals surface area contributed by atoms with Crippen molar-refractivity contribution >= 4 is 33.2 Å². The molecule has 0 fully saturated rings.